The minimum absolute atomic E-state index is 0.0253. The molecule has 1 aliphatic heterocycles. The minimum atomic E-state index is -0.0253. The van der Waals surface area contributed by atoms with Crippen LogP contribution in [0.25, 0.3) is 0 Å². The molecule has 33 heavy (non-hydrogen) atoms. The Morgan fingerprint density at radius 2 is 1.67 bits per heavy atom. The van der Waals surface area contributed by atoms with Gasteiger partial charge in [-0.15, -0.1) is 0 Å². The number of rotatable bonds is 11. The molecule has 1 saturated heterocycles. The second kappa shape index (κ2) is 11.4. The molecule has 0 N–H and O–H groups in total. The maximum atomic E-state index is 12.8. The second-order valence-corrected chi connectivity index (χ2v) is 11.4. The van der Waals surface area contributed by atoms with E-state index in [1.165, 1.54) is 101 Å². The summed E-state index contributed by atoms with van der Waals surface area (Å²) in [6, 6.07) is 6.50. The second-order valence-electron chi connectivity index (χ2n) is 11.4. The van der Waals surface area contributed by atoms with Crippen molar-refractivity contribution in [2.24, 2.45) is 5.41 Å². The van der Waals surface area contributed by atoms with Gasteiger partial charge in [0.15, 0.2) is 0 Å². The van der Waals surface area contributed by atoms with E-state index in [1.54, 1.807) is 0 Å². The monoisotopic (exact) mass is 453 g/mol. The van der Waals surface area contributed by atoms with Gasteiger partial charge in [-0.3, -0.25) is 4.79 Å². The third-order valence-electron chi connectivity index (χ3n) is 9.19. The molecule has 0 amide bonds. The van der Waals surface area contributed by atoms with Gasteiger partial charge >= 0.3 is 5.97 Å². The van der Waals surface area contributed by atoms with Gasteiger partial charge in [-0.2, -0.15) is 0 Å². The fourth-order valence-electron chi connectivity index (χ4n) is 7.49. The first-order chi connectivity index (χ1) is 16.1. The van der Waals surface area contributed by atoms with Crippen molar-refractivity contribution in [3.05, 3.63) is 29.3 Å². The first-order valence-corrected chi connectivity index (χ1v) is 14.1. The van der Waals surface area contributed by atoms with Gasteiger partial charge in [0.1, 0.15) is 5.75 Å². The highest BCUT2D eigenvalue weighted by atomic mass is 16.5. The van der Waals surface area contributed by atoms with Crippen molar-refractivity contribution in [2.75, 3.05) is 20.1 Å². The van der Waals surface area contributed by atoms with E-state index in [1.807, 2.05) is 0 Å². The molecule has 2 fully saturated rings. The Morgan fingerprint density at radius 3 is 2.45 bits per heavy atom. The highest BCUT2D eigenvalue weighted by Gasteiger charge is 2.58. The Hall–Kier alpha value is -1.35. The Kier molecular flexibility index (Phi) is 8.54. The lowest BCUT2D eigenvalue weighted by Crippen LogP contribution is -2.60. The lowest BCUT2D eigenvalue weighted by molar-refractivity contribution is -0.134. The number of esters is 1. The summed E-state index contributed by atoms with van der Waals surface area (Å²) in [5, 5.41) is 0. The van der Waals surface area contributed by atoms with Gasteiger partial charge in [-0.05, 0) is 69.2 Å². The molecule has 3 nitrogen and oxygen atoms in total. The first-order valence-electron chi connectivity index (χ1n) is 14.1. The lowest BCUT2D eigenvalue weighted by Gasteiger charge is -2.62. The number of unbranched alkanes of at least 4 members (excludes halogenated alkanes) is 8. The highest BCUT2D eigenvalue weighted by molar-refractivity contribution is 5.73. The largest absolute Gasteiger partial charge is 0.426 e. The molecular weight excluding hydrogens is 406 g/mol. The standard InChI is InChI=1S/C30H47NO2/c1-3-4-5-6-7-8-9-10-11-17-27(32)33-26-16-14-15-25-18-21-29-19-12-13-20-30(29,28(25)26)22-23-31(2)24-29/h14-16H,3-13,17-24H2,1-2H3. The van der Waals surface area contributed by atoms with Crippen LogP contribution in [0.5, 0.6) is 5.75 Å². The van der Waals surface area contributed by atoms with Crippen LogP contribution in [0, 0.1) is 5.41 Å². The minimum Gasteiger partial charge on any atom is -0.426 e. The van der Waals surface area contributed by atoms with Gasteiger partial charge < -0.3 is 9.64 Å². The number of nitrogens with zero attached hydrogens (tertiary/aromatic N) is 1. The topological polar surface area (TPSA) is 29.5 Å². The van der Waals surface area contributed by atoms with Gasteiger partial charge in [-0.1, -0.05) is 83.3 Å². The Labute approximate surface area is 202 Å². The van der Waals surface area contributed by atoms with Crippen LogP contribution in [0.2, 0.25) is 0 Å². The lowest BCUT2D eigenvalue weighted by atomic mass is 9.46. The molecule has 0 spiro atoms. The van der Waals surface area contributed by atoms with Crippen LogP contribution in [-0.4, -0.2) is 31.0 Å². The smallest absolute Gasteiger partial charge is 0.311 e. The summed E-state index contributed by atoms with van der Waals surface area (Å²) >= 11 is 0. The van der Waals surface area contributed by atoms with Gasteiger partial charge in [0, 0.05) is 23.9 Å². The van der Waals surface area contributed by atoms with Gasteiger partial charge in [0.05, 0.1) is 0 Å². The third-order valence-corrected chi connectivity index (χ3v) is 9.19. The molecule has 4 rings (SSSR count). The van der Waals surface area contributed by atoms with Crippen LogP contribution in [0.15, 0.2) is 18.2 Å². The predicted octanol–water partition coefficient (Wildman–Crippen LogP) is 7.59. The summed E-state index contributed by atoms with van der Waals surface area (Å²) in [4.78, 5) is 15.4. The van der Waals surface area contributed by atoms with Crippen LogP contribution in [0.3, 0.4) is 0 Å². The number of fused-ring (bicyclic) bond motifs is 1. The summed E-state index contributed by atoms with van der Waals surface area (Å²) in [5.41, 5.74) is 3.44. The zero-order chi connectivity index (χ0) is 23.2. The van der Waals surface area contributed by atoms with E-state index in [0.717, 1.165) is 31.6 Å². The normalized spacial score (nSPS) is 26.8. The van der Waals surface area contributed by atoms with Crippen LogP contribution in [0.4, 0.5) is 0 Å². The summed E-state index contributed by atoms with van der Waals surface area (Å²) in [6.07, 6.45) is 20.9. The van der Waals surface area contributed by atoms with Crippen molar-refractivity contribution in [1.29, 1.82) is 0 Å². The molecule has 0 radical (unpaired) electrons. The average Bonchev–Trinajstić information content (AvgIpc) is 2.82. The van der Waals surface area contributed by atoms with E-state index >= 15 is 0 Å². The molecule has 0 aromatic heterocycles. The molecule has 3 heteroatoms. The summed E-state index contributed by atoms with van der Waals surface area (Å²) < 4.78 is 6.15. The van der Waals surface area contributed by atoms with E-state index in [4.69, 9.17) is 4.74 Å². The molecule has 2 aliphatic carbocycles. The number of hydrogen-bond donors (Lipinski definition) is 0. The number of benzene rings is 1. The van der Waals surface area contributed by atoms with Gasteiger partial charge in [0.2, 0.25) is 0 Å². The van der Waals surface area contributed by atoms with E-state index in [9.17, 15) is 4.79 Å². The van der Waals surface area contributed by atoms with E-state index in [2.05, 4.69) is 37.1 Å². The fourth-order valence-corrected chi connectivity index (χ4v) is 7.49. The van der Waals surface area contributed by atoms with Crippen molar-refractivity contribution < 1.29 is 9.53 Å². The molecule has 2 unspecified atom stereocenters. The van der Waals surface area contributed by atoms with Crippen LogP contribution in [0.1, 0.15) is 121 Å². The molecule has 3 aliphatic rings. The number of piperidine rings is 1. The molecule has 1 aromatic carbocycles. The molecule has 1 saturated carbocycles. The summed E-state index contributed by atoms with van der Waals surface area (Å²) in [5.74, 6) is 0.867. The molecule has 0 bridgehead atoms. The summed E-state index contributed by atoms with van der Waals surface area (Å²) in [7, 11) is 2.29. The van der Waals surface area contributed by atoms with Crippen LogP contribution >= 0.6 is 0 Å². The van der Waals surface area contributed by atoms with E-state index in [-0.39, 0.29) is 11.4 Å². The number of carbonyl (C=O) groups is 1. The van der Waals surface area contributed by atoms with Crippen molar-refractivity contribution in [3.8, 4) is 5.75 Å². The third kappa shape index (κ3) is 5.34. The van der Waals surface area contributed by atoms with Gasteiger partial charge in [-0.25, -0.2) is 0 Å². The summed E-state index contributed by atoms with van der Waals surface area (Å²) in [6.45, 7) is 4.62. The molecule has 184 valence electrons. The number of likely N-dealkylation sites (tertiary alicyclic amines) is 1. The van der Waals surface area contributed by atoms with Crippen molar-refractivity contribution in [3.63, 3.8) is 0 Å². The molecular formula is C30H47NO2. The quantitative estimate of drug-likeness (QED) is 0.196. The average molecular weight is 454 g/mol. The van der Waals surface area contributed by atoms with Crippen LogP contribution < -0.4 is 4.74 Å². The Bertz CT molecular complexity index is 790. The maximum Gasteiger partial charge on any atom is 0.311 e. The van der Waals surface area contributed by atoms with Crippen LogP contribution in [-0.2, 0) is 16.6 Å². The van der Waals surface area contributed by atoms with E-state index < -0.39 is 0 Å². The number of ether oxygens (including phenoxy) is 1. The maximum absolute atomic E-state index is 12.8. The van der Waals surface area contributed by atoms with E-state index in [0.29, 0.717) is 11.8 Å². The molecule has 2 atom stereocenters. The van der Waals surface area contributed by atoms with Crippen molar-refractivity contribution in [1.82, 2.24) is 4.90 Å². The number of carbonyl (C=O) groups excluding carboxylic acids is 1. The number of aryl methyl sites for hydroxylation is 1. The number of hydrogen-bond acceptors (Lipinski definition) is 3. The zero-order valence-corrected chi connectivity index (χ0v) is 21.4. The van der Waals surface area contributed by atoms with Crippen molar-refractivity contribution >= 4 is 5.97 Å². The zero-order valence-electron chi connectivity index (χ0n) is 21.4. The Morgan fingerprint density at radius 1 is 0.939 bits per heavy atom. The predicted molar refractivity (Wildman–Crippen MR) is 137 cm³/mol. The van der Waals surface area contributed by atoms with Crippen molar-refractivity contribution in [2.45, 2.75) is 121 Å². The first kappa shape index (κ1) is 24.8. The highest BCUT2D eigenvalue weighted by Crippen LogP contribution is 2.63. The fraction of sp³-hybridized carbons (Fsp3) is 0.767. The Balaban J connectivity index is 1.36. The molecule has 1 aromatic rings. The molecule has 1 heterocycles. The van der Waals surface area contributed by atoms with Gasteiger partial charge in [0.25, 0.3) is 0 Å². The SMILES string of the molecule is CCCCCCCCCCCC(=O)Oc1cccc2c1C13CCCCC1(CC2)CN(C)CC3.